The first-order chi connectivity index (χ1) is 13.8. The molecule has 1 N–H and O–H groups in total. The molecule has 1 aliphatic heterocycles. The minimum atomic E-state index is -0.745. The lowest BCUT2D eigenvalue weighted by Crippen LogP contribution is -2.35. The molecular weight excluding hydrogens is 394 g/mol. The van der Waals surface area contributed by atoms with Gasteiger partial charge in [0.25, 0.3) is 11.7 Å². The molecule has 2 aromatic rings. The molecule has 7 nitrogen and oxygen atoms in total. The van der Waals surface area contributed by atoms with Crippen LogP contribution in [0.4, 0.5) is 0 Å². The molecule has 0 unspecified atom stereocenters. The van der Waals surface area contributed by atoms with Crippen LogP contribution in [0.15, 0.2) is 48.3 Å². The Morgan fingerprint density at radius 1 is 1.24 bits per heavy atom. The molecule has 29 heavy (non-hydrogen) atoms. The van der Waals surface area contributed by atoms with Crippen LogP contribution in [-0.2, 0) is 9.59 Å². The second-order valence-corrected chi connectivity index (χ2v) is 7.36. The van der Waals surface area contributed by atoms with Crippen LogP contribution < -0.4 is 4.74 Å². The van der Waals surface area contributed by atoms with Gasteiger partial charge < -0.3 is 19.6 Å². The van der Waals surface area contributed by atoms with E-state index >= 15 is 0 Å². The zero-order chi connectivity index (χ0) is 21.1. The van der Waals surface area contributed by atoms with Gasteiger partial charge in [0, 0.05) is 30.5 Å². The van der Waals surface area contributed by atoms with Crippen molar-refractivity contribution < 1.29 is 19.4 Å². The van der Waals surface area contributed by atoms with Crippen molar-refractivity contribution in [1.29, 1.82) is 0 Å². The lowest BCUT2D eigenvalue weighted by atomic mass is 9.95. The van der Waals surface area contributed by atoms with Crippen LogP contribution >= 0.6 is 11.6 Å². The summed E-state index contributed by atoms with van der Waals surface area (Å²) in [5.74, 6) is -1.38. The summed E-state index contributed by atoms with van der Waals surface area (Å²) < 4.78 is 5.31. The highest BCUT2D eigenvalue weighted by molar-refractivity contribution is 6.46. The zero-order valence-electron chi connectivity index (χ0n) is 16.4. The second-order valence-electron chi connectivity index (χ2n) is 6.92. The number of carbonyl (C=O) groups excluding carboxylic acids is 2. The lowest BCUT2D eigenvalue weighted by Gasteiger charge is -2.26. The summed E-state index contributed by atoms with van der Waals surface area (Å²) in [6.07, 6.45) is 3.17. The third-order valence-corrected chi connectivity index (χ3v) is 5.00. The Balaban J connectivity index is 2.19. The van der Waals surface area contributed by atoms with Crippen molar-refractivity contribution in [2.45, 2.75) is 6.04 Å². The Kier molecular flexibility index (Phi) is 6.20. The van der Waals surface area contributed by atoms with Crippen LogP contribution in [0.3, 0.4) is 0 Å². The number of likely N-dealkylation sites (tertiary alicyclic amines) is 1. The SMILES string of the molecule is COc1ccc(Cl)cc1C(O)=C1C(=O)C(=O)N(CCN(C)C)[C@@H]1c1ccncc1. The fourth-order valence-corrected chi connectivity index (χ4v) is 3.49. The van der Waals surface area contributed by atoms with Crippen LogP contribution in [-0.4, -0.2) is 65.9 Å². The molecule has 1 saturated heterocycles. The maximum absolute atomic E-state index is 12.9. The number of aromatic nitrogens is 1. The molecule has 1 aliphatic rings. The Morgan fingerprint density at radius 2 is 1.93 bits per heavy atom. The molecule has 8 heteroatoms. The molecule has 2 heterocycles. The number of halogens is 1. The molecular formula is C21H22ClN3O4. The highest BCUT2D eigenvalue weighted by Gasteiger charge is 2.46. The van der Waals surface area contributed by atoms with Crippen molar-refractivity contribution in [2.75, 3.05) is 34.3 Å². The average molecular weight is 416 g/mol. The highest BCUT2D eigenvalue weighted by Crippen LogP contribution is 2.41. The van der Waals surface area contributed by atoms with E-state index in [0.29, 0.717) is 29.4 Å². The summed E-state index contributed by atoms with van der Waals surface area (Å²) >= 11 is 6.09. The number of rotatable bonds is 6. The molecule has 3 rings (SSSR count). The van der Waals surface area contributed by atoms with E-state index in [9.17, 15) is 14.7 Å². The summed E-state index contributed by atoms with van der Waals surface area (Å²) in [4.78, 5) is 33.1. The van der Waals surface area contributed by atoms with E-state index in [2.05, 4.69) is 4.98 Å². The average Bonchev–Trinajstić information content (AvgIpc) is 2.97. The first kappa shape index (κ1) is 20.8. The number of hydrogen-bond donors (Lipinski definition) is 1. The van der Waals surface area contributed by atoms with Crippen LogP contribution in [0.1, 0.15) is 17.2 Å². The number of likely N-dealkylation sites (N-methyl/N-ethyl adjacent to an activating group) is 1. The number of carbonyl (C=O) groups is 2. The Labute approximate surface area is 174 Å². The van der Waals surface area contributed by atoms with E-state index in [-0.39, 0.29) is 16.9 Å². The number of nitrogens with zero attached hydrogens (tertiary/aromatic N) is 3. The van der Waals surface area contributed by atoms with Crippen LogP contribution in [0.5, 0.6) is 5.75 Å². The van der Waals surface area contributed by atoms with Gasteiger partial charge >= 0.3 is 0 Å². The van der Waals surface area contributed by atoms with E-state index in [1.54, 1.807) is 36.7 Å². The number of aliphatic hydroxyl groups is 1. The third kappa shape index (κ3) is 4.11. The van der Waals surface area contributed by atoms with Crippen molar-refractivity contribution in [3.63, 3.8) is 0 Å². The maximum atomic E-state index is 12.9. The number of benzene rings is 1. The first-order valence-electron chi connectivity index (χ1n) is 9.02. The highest BCUT2D eigenvalue weighted by atomic mass is 35.5. The van der Waals surface area contributed by atoms with Crippen molar-refractivity contribution >= 4 is 29.1 Å². The predicted molar refractivity (Wildman–Crippen MR) is 110 cm³/mol. The monoisotopic (exact) mass is 415 g/mol. The second kappa shape index (κ2) is 8.63. The van der Waals surface area contributed by atoms with E-state index in [1.807, 2.05) is 19.0 Å². The van der Waals surface area contributed by atoms with Gasteiger partial charge in [-0.2, -0.15) is 0 Å². The minimum Gasteiger partial charge on any atom is -0.507 e. The van der Waals surface area contributed by atoms with Gasteiger partial charge in [0.2, 0.25) is 0 Å². The smallest absolute Gasteiger partial charge is 0.295 e. The van der Waals surface area contributed by atoms with Gasteiger partial charge in [0.05, 0.1) is 24.3 Å². The molecule has 1 aromatic heterocycles. The fourth-order valence-electron chi connectivity index (χ4n) is 3.32. The van der Waals surface area contributed by atoms with Gasteiger partial charge in [-0.1, -0.05) is 11.6 Å². The quantitative estimate of drug-likeness (QED) is 0.443. The number of aliphatic hydroxyl groups excluding tert-OH is 1. The largest absolute Gasteiger partial charge is 0.507 e. The molecule has 1 aromatic carbocycles. The molecule has 0 aliphatic carbocycles. The predicted octanol–water partition coefficient (Wildman–Crippen LogP) is 2.73. The molecule has 1 fully saturated rings. The lowest BCUT2D eigenvalue weighted by molar-refractivity contribution is -0.140. The van der Waals surface area contributed by atoms with Gasteiger partial charge in [-0.25, -0.2) is 0 Å². The third-order valence-electron chi connectivity index (χ3n) is 4.77. The molecule has 0 saturated carbocycles. The number of ether oxygens (including phenoxy) is 1. The normalized spacial score (nSPS) is 18.5. The minimum absolute atomic E-state index is 0.000484. The zero-order valence-corrected chi connectivity index (χ0v) is 17.2. The topological polar surface area (TPSA) is 83.0 Å². The molecule has 152 valence electrons. The van der Waals surface area contributed by atoms with Crippen molar-refractivity contribution in [3.05, 3.63) is 64.4 Å². The van der Waals surface area contributed by atoms with Gasteiger partial charge in [-0.15, -0.1) is 0 Å². The summed E-state index contributed by atoms with van der Waals surface area (Å²) in [5.41, 5.74) is 0.936. The van der Waals surface area contributed by atoms with Crippen LogP contribution in [0.25, 0.3) is 5.76 Å². The maximum Gasteiger partial charge on any atom is 0.295 e. The number of hydrogen-bond acceptors (Lipinski definition) is 6. The number of amides is 1. The number of methoxy groups -OCH3 is 1. The summed E-state index contributed by atoms with van der Waals surface area (Å²) in [6.45, 7) is 0.892. The molecule has 0 bridgehead atoms. The van der Waals surface area contributed by atoms with Gasteiger partial charge in [0.1, 0.15) is 11.5 Å². The fraction of sp³-hybridized carbons (Fsp3) is 0.286. The van der Waals surface area contributed by atoms with Crippen molar-refractivity contribution in [3.8, 4) is 5.75 Å². The van der Waals surface area contributed by atoms with Crippen molar-refractivity contribution in [2.24, 2.45) is 0 Å². The molecule has 0 radical (unpaired) electrons. The van der Waals surface area contributed by atoms with E-state index in [1.165, 1.54) is 18.1 Å². The van der Waals surface area contributed by atoms with Crippen molar-refractivity contribution in [1.82, 2.24) is 14.8 Å². The summed E-state index contributed by atoms with van der Waals surface area (Å²) in [5, 5.41) is 11.5. The summed E-state index contributed by atoms with van der Waals surface area (Å²) in [6, 6.07) is 7.44. The molecule has 0 spiro atoms. The van der Waals surface area contributed by atoms with E-state index in [4.69, 9.17) is 16.3 Å². The van der Waals surface area contributed by atoms with Crippen LogP contribution in [0, 0.1) is 0 Å². The standard InChI is InChI=1S/C21H22ClN3O4/c1-24(2)10-11-25-18(13-6-8-23-9-7-13)17(20(27)21(25)28)19(26)15-12-14(22)4-5-16(15)29-3/h4-9,12,18,26H,10-11H2,1-3H3/t18-/m1/s1. The Hall–Kier alpha value is -2.90. The van der Waals surface area contributed by atoms with Crippen LogP contribution in [0.2, 0.25) is 5.02 Å². The van der Waals surface area contributed by atoms with E-state index < -0.39 is 17.7 Å². The van der Waals surface area contributed by atoms with Gasteiger partial charge in [-0.3, -0.25) is 14.6 Å². The first-order valence-corrected chi connectivity index (χ1v) is 9.40. The number of Topliss-reactive ketones (excluding diaryl/α,β-unsaturated/α-hetero) is 1. The van der Waals surface area contributed by atoms with E-state index in [0.717, 1.165) is 0 Å². The van der Waals surface area contributed by atoms with Gasteiger partial charge in [-0.05, 0) is 50.0 Å². The molecule has 1 amide bonds. The summed E-state index contributed by atoms with van der Waals surface area (Å²) in [7, 11) is 5.22. The Bertz CT molecular complexity index is 960. The number of pyridine rings is 1. The Morgan fingerprint density at radius 3 is 2.55 bits per heavy atom. The van der Waals surface area contributed by atoms with Gasteiger partial charge in [0.15, 0.2) is 0 Å². The number of ketones is 1. The molecule has 1 atom stereocenters.